The molecular formula is C21H18FN5O2S. The third kappa shape index (κ3) is 4.20. The second kappa shape index (κ2) is 8.42. The number of aromatic nitrogens is 3. The number of benzene rings is 2. The number of rotatable bonds is 5. The standard InChI is InChI=1S/C21H18FN5O2S/c1-12-18(30-20(24-12)16-8-3-4-9-17(16)22)13(2)25-21(28)26-15-7-5-6-14(10-15)19-27-23-11-29-19/h3-11,13H,1-2H3,(H2,25,26,28)/t13-/m1/s1. The van der Waals surface area contributed by atoms with Gasteiger partial charge in [0.15, 0.2) is 0 Å². The molecule has 4 rings (SSSR count). The van der Waals surface area contributed by atoms with E-state index in [1.165, 1.54) is 23.8 Å². The molecule has 0 saturated heterocycles. The molecule has 7 nitrogen and oxygen atoms in total. The first-order chi connectivity index (χ1) is 14.5. The van der Waals surface area contributed by atoms with Crippen molar-refractivity contribution in [3.63, 3.8) is 0 Å². The summed E-state index contributed by atoms with van der Waals surface area (Å²) in [4.78, 5) is 17.8. The van der Waals surface area contributed by atoms with E-state index in [9.17, 15) is 9.18 Å². The van der Waals surface area contributed by atoms with E-state index in [0.29, 0.717) is 27.7 Å². The smallest absolute Gasteiger partial charge is 0.319 e. The highest BCUT2D eigenvalue weighted by molar-refractivity contribution is 7.15. The number of anilines is 1. The quantitative estimate of drug-likeness (QED) is 0.461. The minimum atomic E-state index is -0.370. The maximum Gasteiger partial charge on any atom is 0.319 e. The number of halogens is 1. The Bertz CT molecular complexity index is 1180. The number of urea groups is 1. The highest BCUT2D eigenvalue weighted by Gasteiger charge is 2.19. The molecule has 0 fully saturated rings. The van der Waals surface area contributed by atoms with Crippen LogP contribution in [0.2, 0.25) is 0 Å². The van der Waals surface area contributed by atoms with Crippen LogP contribution in [-0.4, -0.2) is 21.2 Å². The van der Waals surface area contributed by atoms with Crippen LogP contribution in [0.4, 0.5) is 14.9 Å². The summed E-state index contributed by atoms with van der Waals surface area (Å²) >= 11 is 1.36. The zero-order valence-electron chi connectivity index (χ0n) is 16.2. The highest BCUT2D eigenvalue weighted by Crippen LogP contribution is 2.33. The van der Waals surface area contributed by atoms with Gasteiger partial charge in [-0.05, 0) is 44.2 Å². The van der Waals surface area contributed by atoms with Gasteiger partial charge < -0.3 is 15.1 Å². The Balaban J connectivity index is 1.46. The van der Waals surface area contributed by atoms with E-state index in [1.807, 2.05) is 19.9 Å². The zero-order chi connectivity index (χ0) is 21.1. The largest absolute Gasteiger partial charge is 0.423 e. The highest BCUT2D eigenvalue weighted by atomic mass is 32.1. The molecule has 0 unspecified atom stereocenters. The third-order valence-corrected chi connectivity index (χ3v) is 5.78. The molecule has 2 amide bonds. The van der Waals surface area contributed by atoms with Crippen LogP contribution in [0.5, 0.6) is 0 Å². The van der Waals surface area contributed by atoms with E-state index in [2.05, 4.69) is 25.8 Å². The van der Waals surface area contributed by atoms with Gasteiger partial charge in [0.25, 0.3) is 0 Å². The van der Waals surface area contributed by atoms with Gasteiger partial charge in [0.1, 0.15) is 10.8 Å². The molecule has 0 bridgehead atoms. The first-order valence-electron chi connectivity index (χ1n) is 9.17. The van der Waals surface area contributed by atoms with Gasteiger partial charge in [0, 0.05) is 16.8 Å². The number of hydrogen-bond acceptors (Lipinski definition) is 6. The number of carbonyl (C=O) groups excluding carboxylic acids is 1. The summed E-state index contributed by atoms with van der Waals surface area (Å²) in [6, 6.07) is 12.9. The molecule has 2 aromatic carbocycles. The average Bonchev–Trinajstić information content (AvgIpc) is 3.38. The Hall–Kier alpha value is -3.59. The predicted molar refractivity (Wildman–Crippen MR) is 113 cm³/mol. The van der Waals surface area contributed by atoms with Crippen molar-refractivity contribution < 1.29 is 13.6 Å². The molecule has 9 heteroatoms. The Kier molecular flexibility index (Phi) is 5.53. The summed E-state index contributed by atoms with van der Waals surface area (Å²) < 4.78 is 19.3. The number of nitrogens with one attached hydrogen (secondary N) is 2. The fourth-order valence-corrected chi connectivity index (χ4v) is 4.11. The third-order valence-electron chi connectivity index (χ3n) is 4.41. The molecule has 152 valence electrons. The molecule has 1 atom stereocenters. The average molecular weight is 423 g/mol. The van der Waals surface area contributed by atoms with Crippen molar-refractivity contribution in [1.29, 1.82) is 0 Å². The van der Waals surface area contributed by atoms with Crippen molar-refractivity contribution in [1.82, 2.24) is 20.5 Å². The first kappa shape index (κ1) is 19.7. The summed E-state index contributed by atoms with van der Waals surface area (Å²) in [6.07, 6.45) is 1.25. The van der Waals surface area contributed by atoms with E-state index in [4.69, 9.17) is 4.42 Å². The van der Waals surface area contributed by atoms with Gasteiger partial charge in [-0.15, -0.1) is 21.5 Å². The van der Waals surface area contributed by atoms with E-state index in [0.717, 1.165) is 10.6 Å². The summed E-state index contributed by atoms with van der Waals surface area (Å²) in [7, 11) is 0. The van der Waals surface area contributed by atoms with Crippen LogP contribution in [0, 0.1) is 12.7 Å². The minimum absolute atomic E-state index is 0.304. The molecule has 0 saturated carbocycles. The molecular weight excluding hydrogens is 405 g/mol. The molecule has 0 radical (unpaired) electrons. The monoisotopic (exact) mass is 423 g/mol. The Morgan fingerprint density at radius 1 is 1.20 bits per heavy atom. The topological polar surface area (TPSA) is 92.9 Å². The number of amides is 2. The predicted octanol–water partition coefficient (Wildman–Crippen LogP) is 5.19. The molecule has 0 spiro atoms. The second-order valence-corrected chi connectivity index (χ2v) is 7.62. The number of nitrogens with zero attached hydrogens (tertiary/aromatic N) is 3. The van der Waals surface area contributed by atoms with Crippen LogP contribution in [-0.2, 0) is 0 Å². The van der Waals surface area contributed by atoms with Crippen LogP contribution in [0.1, 0.15) is 23.5 Å². The minimum Gasteiger partial charge on any atom is -0.423 e. The summed E-state index contributed by atoms with van der Waals surface area (Å²) in [5, 5.41) is 13.8. The fraction of sp³-hybridized carbons (Fsp3) is 0.143. The van der Waals surface area contributed by atoms with Gasteiger partial charge in [-0.1, -0.05) is 18.2 Å². The lowest BCUT2D eigenvalue weighted by Gasteiger charge is -2.14. The van der Waals surface area contributed by atoms with Gasteiger partial charge in [0.2, 0.25) is 12.3 Å². The Labute approximate surface area is 176 Å². The summed E-state index contributed by atoms with van der Waals surface area (Å²) in [5.41, 5.74) is 2.49. The molecule has 4 aromatic rings. The van der Waals surface area contributed by atoms with Crippen LogP contribution in [0.15, 0.2) is 59.3 Å². The Morgan fingerprint density at radius 2 is 2.03 bits per heavy atom. The molecule has 30 heavy (non-hydrogen) atoms. The van der Waals surface area contributed by atoms with Crippen LogP contribution >= 0.6 is 11.3 Å². The van der Waals surface area contributed by atoms with Crippen molar-refractivity contribution in [2.24, 2.45) is 0 Å². The summed E-state index contributed by atoms with van der Waals surface area (Å²) in [5.74, 6) is 0.0469. The number of hydrogen-bond donors (Lipinski definition) is 2. The molecule has 2 N–H and O–H groups in total. The summed E-state index contributed by atoms with van der Waals surface area (Å²) in [6.45, 7) is 3.71. The van der Waals surface area contributed by atoms with Crippen molar-refractivity contribution in [2.45, 2.75) is 19.9 Å². The van der Waals surface area contributed by atoms with E-state index < -0.39 is 0 Å². The molecule has 2 aromatic heterocycles. The number of aryl methyl sites for hydroxylation is 1. The Morgan fingerprint density at radius 3 is 2.80 bits per heavy atom. The van der Waals surface area contributed by atoms with Crippen molar-refractivity contribution >= 4 is 23.1 Å². The number of carbonyl (C=O) groups is 1. The van der Waals surface area contributed by atoms with Crippen molar-refractivity contribution in [3.8, 4) is 22.0 Å². The lowest BCUT2D eigenvalue weighted by atomic mass is 10.2. The first-order valence-corrected chi connectivity index (χ1v) is 9.99. The fourth-order valence-electron chi connectivity index (χ4n) is 3.02. The van der Waals surface area contributed by atoms with E-state index in [1.54, 1.807) is 36.4 Å². The zero-order valence-corrected chi connectivity index (χ0v) is 17.0. The maximum atomic E-state index is 14.1. The lowest BCUT2D eigenvalue weighted by molar-refractivity contribution is 0.249. The van der Waals surface area contributed by atoms with Crippen molar-refractivity contribution in [3.05, 3.63) is 71.3 Å². The molecule has 0 aliphatic rings. The maximum absolute atomic E-state index is 14.1. The molecule has 0 aliphatic heterocycles. The van der Waals surface area contributed by atoms with Crippen molar-refractivity contribution in [2.75, 3.05) is 5.32 Å². The van der Waals surface area contributed by atoms with E-state index >= 15 is 0 Å². The van der Waals surface area contributed by atoms with E-state index in [-0.39, 0.29) is 17.9 Å². The van der Waals surface area contributed by atoms with Crippen LogP contribution < -0.4 is 10.6 Å². The van der Waals surface area contributed by atoms with Crippen LogP contribution in [0.25, 0.3) is 22.0 Å². The van der Waals surface area contributed by atoms with Crippen LogP contribution in [0.3, 0.4) is 0 Å². The van der Waals surface area contributed by atoms with Gasteiger partial charge in [-0.2, -0.15) is 0 Å². The van der Waals surface area contributed by atoms with Gasteiger partial charge in [-0.25, -0.2) is 14.2 Å². The second-order valence-electron chi connectivity index (χ2n) is 6.59. The number of thiazole rings is 1. The lowest BCUT2D eigenvalue weighted by Crippen LogP contribution is -2.31. The van der Waals surface area contributed by atoms with Gasteiger partial charge >= 0.3 is 6.03 Å². The normalized spacial score (nSPS) is 11.8. The SMILES string of the molecule is Cc1nc(-c2ccccc2F)sc1[C@@H](C)NC(=O)Nc1cccc(-c2nnco2)c1. The molecule has 0 aliphatic carbocycles. The van der Waals surface area contributed by atoms with Gasteiger partial charge in [0.05, 0.1) is 16.6 Å². The molecule has 2 heterocycles. The van der Waals surface area contributed by atoms with Gasteiger partial charge in [-0.3, -0.25) is 0 Å².